The van der Waals surface area contributed by atoms with E-state index in [0.29, 0.717) is 17.6 Å². The Labute approximate surface area is 171 Å². The Hall–Kier alpha value is -2.31. The monoisotopic (exact) mass is 396 g/mol. The molecule has 3 heterocycles. The summed E-state index contributed by atoms with van der Waals surface area (Å²) in [7, 11) is 2.14. The highest BCUT2D eigenvalue weighted by molar-refractivity contribution is 5.92. The van der Waals surface area contributed by atoms with E-state index in [1.54, 1.807) is 12.1 Å². The van der Waals surface area contributed by atoms with Crippen LogP contribution >= 0.6 is 0 Å². The summed E-state index contributed by atoms with van der Waals surface area (Å²) >= 11 is 0. The van der Waals surface area contributed by atoms with Gasteiger partial charge >= 0.3 is 0 Å². The number of nitrogens with one attached hydrogen (secondary N) is 1. The van der Waals surface area contributed by atoms with E-state index >= 15 is 0 Å². The van der Waals surface area contributed by atoms with Gasteiger partial charge in [-0.05, 0) is 81.7 Å². The van der Waals surface area contributed by atoms with E-state index in [1.165, 1.54) is 12.1 Å². The zero-order chi connectivity index (χ0) is 20.2. The van der Waals surface area contributed by atoms with Crippen molar-refractivity contribution in [3.8, 4) is 0 Å². The van der Waals surface area contributed by atoms with Crippen LogP contribution in [0.2, 0.25) is 0 Å². The molecule has 0 saturated carbocycles. The van der Waals surface area contributed by atoms with Crippen molar-refractivity contribution in [2.24, 2.45) is 11.8 Å². The highest BCUT2D eigenvalue weighted by Crippen LogP contribution is 2.33. The lowest BCUT2D eigenvalue weighted by atomic mass is 9.86. The fourth-order valence-corrected chi connectivity index (χ4v) is 4.77. The lowest BCUT2D eigenvalue weighted by Crippen LogP contribution is -2.41. The lowest BCUT2D eigenvalue weighted by Gasteiger charge is -2.37. The number of anilines is 1. The smallest absolute Gasteiger partial charge is 0.228 e. The summed E-state index contributed by atoms with van der Waals surface area (Å²) in [6, 6.07) is 12.5. The van der Waals surface area contributed by atoms with Crippen molar-refractivity contribution in [2.45, 2.75) is 31.8 Å². The predicted octanol–water partition coefficient (Wildman–Crippen LogP) is 3.39. The second-order valence-corrected chi connectivity index (χ2v) is 8.37. The first-order valence-electron chi connectivity index (χ1n) is 10.5. The Morgan fingerprint density at radius 2 is 1.93 bits per heavy atom. The Bertz CT molecular complexity index is 805. The van der Waals surface area contributed by atoms with Crippen LogP contribution in [0.15, 0.2) is 48.7 Å². The molecule has 0 radical (unpaired) electrons. The third-order valence-electron chi connectivity index (χ3n) is 6.37. The van der Waals surface area contributed by atoms with Crippen molar-refractivity contribution in [1.82, 2.24) is 14.8 Å². The predicted molar refractivity (Wildman–Crippen MR) is 112 cm³/mol. The van der Waals surface area contributed by atoms with E-state index in [0.717, 1.165) is 51.1 Å². The Kier molecular flexibility index (Phi) is 6.21. The number of aromatic nitrogens is 1. The molecule has 29 heavy (non-hydrogen) atoms. The summed E-state index contributed by atoms with van der Waals surface area (Å²) in [5.74, 6) is 0.363. The minimum absolute atomic E-state index is 0.0124. The molecule has 1 N–H and O–H groups in total. The normalized spacial score (nSPS) is 23.9. The zero-order valence-corrected chi connectivity index (χ0v) is 16.9. The van der Waals surface area contributed by atoms with Crippen LogP contribution < -0.4 is 5.32 Å². The average molecular weight is 397 g/mol. The number of nitrogens with zero attached hydrogens (tertiary/aromatic N) is 3. The number of pyridine rings is 1. The van der Waals surface area contributed by atoms with E-state index in [-0.39, 0.29) is 17.6 Å². The van der Waals surface area contributed by atoms with Crippen LogP contribution in [0.3, 0.4) is 0 Å². The molecule has 2 aromatic rings. The SMILES string of the molecule is CN1C[C@@H](C(=O)Nc2ccc(F)cc2)C[C@H]1C1CCN(Cc2ccccn2)CC1. The standard InChI is InChI=1S/C23H29FN4O/c1-27-15-18(23(29)26-20-7-5-19(24)6-8-20)14-22(27)17-9-12-28(13-10-17)16-21-4-2-3-11-25-21/h2-8,11,17-18,22H,9-10,12-16H2,1H3,(H,26,29)/t18-,22-/m0/s1. The number of benzene rings is 1. The van der Waals surface area contributed by atoms with Crippen molar-refractivity contribution in [2.75, 3.05) is 32.0 Å². The van der Waals surface area contributed by atoms with Gasteiger partial charge in [0.25, 0.3) is 0 Å². The molecule has 5 nitrogen and oxygen atoms in total. The van der Waals surface area contributed by atoms with Crippen molar-refractivity contribution >= 4 is 11.6 Å². The van der Waals surface area contributed by atoms with Gasteiger partial charge in [-0.25, -0.2) is 4.39 Å². The zero-order valence-electron chi connectivity index (χ0n) is 16.9. The highest BCUT2D eigenvalue weighted by Gasteiger charge is 2.39. The molecule has 1 aromatic heterocycles. The van der Waals surface area contributed by atoms with Gasteiger partial charge in [-0.3, -0.25) is 14.7 Å². The van der Waals surface area contributed by atoms with E-state index in [9.17, 15) is 9.18 Å². The first kappa shape index (κ1) is 20.0. The number of rotatable bonds is 5. The maximum atomic E-state index is 13.1. The fraction of sp³-hybridized carbons (Fsp3) is 0.478. The van der Waals surface area contributed by atoms with Gasteiger partial charge in [0.15, 0.2) is 0 Å². The van der Waals surface area contributed by atoms with Gasteiger partial charge in [0.2, 0.25) is 5.91 Å². The third kappa shape index (κ3) is 5.00. The molecule has 2 saturated heterocycles. The number of likely N-dealkylation sites (tertiary alicyclic amines) is 2. The number of halogens is 1. The third-order valence-corrected chi connectivity index (χ3v) is 6.37. The summed E-state index contributed by atoms with van der Waals surface area (Å²) in [6.07, 6.45) is 5.07. The molecule has 1 aromatic carbocycles. The van der Waals surface area contributed by atoms with Crippen molar-refractivity contribution in [3.63, 3.8) is 0 Å². The van der Waals surface area contributed by atoms with Crippen LogP contribution in [0.4, 0.5) is 10.1 Å². The minimum Gasteiger partial charge on any atom is -0.326 e. The molecule has 0 spiro atoms. The molecule has 154 valence electrons. The average Bonchev–Trinajstić information content (AvgIpc) is 3.13. The number of amides is 1. The molecule has 2 fully saturated rings. The van der Waals surface area contributed by atoms with Gasteiger partial charge in [0.1, 0.15) is 5.82 Å². The fourth-order valence-electron chi connectivity index (χ4n) is 4.77. The number of piperidine rings is 1. The molecule has 4 rings (SSSR count). The van der Waals surface area contributed by atoms with Gasteiger partial charge in [-0.1, -0.05) is 6.07 Å². The van der Waals surface area contributed by atoms with Gasteiger partial charge < -0.3 is 10.2 Å². The van der Waals surface area contributed by atoms with Crippen molar-refractivity contribution in [3.05, 3.63) is 60.2 Å². The van der Waals surface area contributed by atoms with Gasteiger partial charge in [-0.2, -0.15) is 0 Å². The largest absolute Gasteiger partial charge is 0.326 e. The first-order valence-corrected chi connectivity index (χ1v) is 10.5. The Morgan fingerprint density at radius 1 is 1.17 bits per heavy atom. The minimum atomic E-state index is -0.293. The molecule has 6 heteroatoms. The van der Waals surface area contributed by atoms with Gasteiger partial charge in [0, 0.05) is 31.0 Å². The summed E-state index contributed by atoms with van der Waals surface area (Å²) in [5.41, 5.74) is 1.78. The van der Waals surface area contributed by atoms with E-state index < -0.39 is 0 Å². The summed E-state index contributed by atoms with van der Waals surface area (Å²) in [5, 5.41) is 2.94. The molecular weight excluding hydrogens is 367 g/mol. The van der Waals surface area contributed by atoms with Crippen LogP contribution in [-0.2, 0) is 11.3 Å². The second kappa shape index (κ2) is 9.01. The summed E-state index contributed by atoms with van der Waals surface area (Å²) in [6.45, 7) is 3.86. The van der Waals surface area contributed by atoms with Crippen LogP contribution in [0.5, 0.6) is 0 Å². The van der Waals surface area contributed by atoms with Crippen LogP contribution in [0.1, 0.15) is 25.0 Å². The van der Waals surface area contributed by atoms with Crippen molar-refractivity contribution in [1.29, 1.82) is 0 Å². The molecule has 2 aliphatic rings. The van der Waals surface area contributed by atoms with Gasteiger partial charge in [-0.15, -0.1) is 0 Å². The molecular formula is C23H29FN4O. The summed E-state index contributed by atoms with van der Waals surface area (Å²) < 4.78 is 13.1. The quantitative estimate of drug-likeness (QED) is 0.842. The molecule has 2 atom stereocenters. The maximum Gasteiger partial charge on any atom is 0.228 e. The lowest BCUT2D eigenvalue weighted by molar-refractivity contribution is -0.119. The second-order valence-electron chi connectivity index (χ2n) is 8.37. The summed E-state index contributed by atoms with van der Waals surface area (Å²) in [4.78, 5) is 22.0. The number of hydrogen-bond acceptors (Lipinski definition) is 4. The van der Waals surface area contributed by atoms with Crippen LogP contribution in [-0.4, -0.2) is 53.4 Å². The molecule has 0 unspecified atom stereocenters. The molecule has 0 bridgehead atoms. The Morgan fingerprint density at radius 3 is 2.62 bits per heavy atom. The van der Waals surface area contributed by atoms with Crippen LogP contribution in [0, 0.1) is 17.7 Å². The number of carbonyl (C=O) groups is 1. The van der Waals surface area contributed by atoms with Gasteiger partial charge in [0.05, 0.1) is 11.6 Å². The molecule has 2 aliphatic heterocycles. The van der Waals surface area contributed by atoms with E-state index in [1.807, 2.05) is 18.3 Å². The first-order chi connectivity index (χ1) is 14.1. The number of hydrogen-bond donors (Lipinski definition) is 1. The molecule has 0 aliphatic carbocycles. The molecule has 1 amide bonds. The van der Waals surface area contributed by atoms with Crippen LogP contribution in [0.25, 0.3) is 0 Å². The Balaban J connectivity index is 1.27. The van der Waals surface area contributed by atoms with E-state index in [2.05, 4.69) is 33.2 Å². The van der Waals surface area contributed by atoms with E-state index in [4.69, 9.17) is 0 Å². The number of carbonyl (C=O) groups excluding carboxylic acids is 1. The highest BCUT2D eigenvalue weighted by atomic mass is 19.1. The topological polar surface area (TPSA) is 48.5 Å². The maximum absolute atomic E-state index is 13.1. The van der Waals surface area contributed by atoms with Crippen molar-refractivity contribution < 1.29 is 9.18 Å².